The minimum absolute atomic E-state index is 0.202. The zero-order valence-corrected chi connectivity index (χ0v) is 15.5. The number of likely N-dealkylation sites (N-methyl/N-ethyl adjacent to an activating group) is 1. The van der Waals surface area contributed by atoms with Crippen molar-refractivity contribution in [2.75, 3.05) is 20.2 Å². The summed E-state index contributed by atoms with van der Waals surface area (Å²) < 4.78 is 20.5. The van der Waals surface area contributed by atoms with Crippen LogP contribution in [0.25, 0.3) is 33.1 Å². The summed E-state index contributed by atoms with van der Waals surface area (Å²) in [4.78, 5) is 11.3. The minimum Gasteiger partial charge on any atom is -0.462 e. The van der Waals surface area contributed by atoms with Gasteiger partial charge >= 0.3 is 6.01 Å². The molecule has 0 radical (unpaired) electrons. The van der Waals surface area contributed by atoms with E-state index in [0.717, 1.165) is 35.9 Å². The third-order valence-corrected chi connectivity index (χ3v) is 5.47. The standard InChI is InChI=1S/C21H20FN5O/c1-27-10-4-5-13(27)12-28-21-24-19(15-7-2-8-17(22)20(15)25-21)14-6-3-9-18-16(14)11-23-26-18/h2-3,6-9,11,13H,4-5,10,12H2,1H3,(H,23,26)/t13-/m0/s1. The number of benzene rings is 2. The third-order valence-electron chi connectivity index (χ3n) is 5.47. The Balaban J connectivity index is 1.63. The van der Waals surface area contributed by atoms with E-state index in [1.54, 1.807) is 12.3 Å². The van der Waals surface area contributed by atoms with Gasteiger partial charge in [0.05, 0.1) is 17.4 Å². The maximum Gasteiger partial charge on any atom is 0.317 e. The van der Waals surface area contributed by atoms with Gasteiger partial charge in [-0.1, -0.05) is 24.3 Å². The maximum atomic E-state index is 14.5. The number of nitrogens with one attached hydrogen (secondary N) is 1. The van der Waals surface area contributed by atoms with Crippen molar-refractivity contribution in [2.45, 2.75) is 18.9 Å². The van der Waals surface area contributed by atoms with Crippen LogP contribution in [0.5, 0.6) is 6.01 Å². The molecule has 28 heavy (non-hydrogen) atoms. The van der Waals surface area contributed by atoms with Crippen molar-refractivity contribution in [3.63, 3.8) is 0 Å². The van der Waals surface area contributed by atoms with Gasteiger partial charge in [0, 0.05) is 22.4 Å². The fourth-order valence-electron chi connectivity index (χ4n) is 3.90. The van der Waals surface area contributed by atoms with Crippen LogP contribution in [-0.4, -0.2) is 51.3 Å². The van der Waals surface area contributed by atoms with E-state index < -0.39 is 0 Å². The van der Waals surface area contributed by atoms with Crippen molar-refractivity contribution < 1.29 is 9.13 Å². The highest BCUT2D eigenvalue weighted by Crippen LogP contribution is 2.33. The molecule has 142 valence electrons. The summed E-state index contributed by atoms with van der Waals surface area (Å²) in [6, 6.07) is 11.3. The summed E-state index contributed by atoms with van der Waals surface area (Å²) in [6.45, 7) is 1.56. The number of H-pyrrole nitrogens is 1. The Morgan fingerprint density at radius 1 is 1.18 bits per heavy atom. The van der Waals surface area contributed by atoms with Gasteiger partial charge in [-0.15, -0.1) is 0 Å². The first kappa shape index (κ1) is 17.1. The average molecular weight is 377 g/mol. The predicted octanol–water partition coefficient (Wildman–Crippen LogP) is 3.79. The monoisotopic (exact) mass is 377 g/mol. The van der Waals surface area contributed by atoms with Gasteiger partial charge in [0.25, 0.3) is 0 Å². The molecule has 0 amide bonds. The van der Waals surface area contributed by atoms with Crippen LogP contribution >= 0.6 is 0 Å². The van der Waals surface area contributed by atoms with E-state index >= 15 is 0 Å². The lowest BCUT2D eigenvalue weighted by atomic mass is 10.0. The summed E-state index contributed by atoms with van der Waals surface area (Å²) in [5, 5.41) is 8.67. The Bertz CT molecular complexity index is 1160. The van der Waals surface area contributed by atoms with Crippen LogP contribution in [0.1, 0.15) is 12.8 Å². The molecule has 0 unspecified atom stereocenters. The van der Waals surface area contributed by atoms with Crippen LogP contribution in [0.3, 0.4) is 0 Å². The molecule has 0 bridgehead atoms. The Kier molecular flexibility index (Phi) is 4.16. The molecule has 1 fully saturated rings. The number of likely N-dealkylation sites (tertiary alicyclic amines) is 1. The Labute approximate surface area is 161 Å². The number of aromatic nitrogens is 4. The molecule has 6 nitrogen and oxygen atoms in total. The molecular formula is C21H20FN5O. The van der Waals surface area contributed by atoms with E-state index in [0.29, 0.717) is 23.7 Å². The molecular weight excluding hydrogens is 357 g/mol. The van der Waals surface area contributed by atoms with Gasteiger partial charge in [0.1, 0.15) is 17.9 Å². The Hall–Kier alpha value is -3.06. The van der Waals surface area contributed by atoms with Gasteiger partial charge in [-0.05, 0) is 38.6 Å². The molecule has 2 aromatic heterocycles. The molecule has 1 atom stereocenters. The normalized spacial score (nSPS) is 17.6. The molecule has 1 N–H and O–H groups in total. The molecule has 1 aliphatic rings. The van der Waals surface area contributed by atoms with Crippen molar-refractivity contribution in [1.82, 2.24) is 25.1 Å². The summed E-state index contributed by atoms with van der Waals surface area (Å²) in [6.07, 6.45) is 4.00. The summed E-state index contributed by atoms with van der Waals surface area (Å²) in [5.41, 5.74) is 2.68. The fraction of sp³-hybridized carbons (Fsp3) is 0.286. The summed E-state index contributed by atoms with van der Waals surface area (Å²) in [7, 11) is 2.09. The first-order valence-electron chi connectivity index (χ1n) is 9.42. The SMILES string of the molecule is CN1CCC[C@H]1COc1nc(-c2cccc3[nH]ncc23)c2cccc(F)c2n1. The number of aromatic amines is 1. The van der Waals surface area contributed by atoms with Gasteiger partial charge < -0.3 is 9.64 Å². The maximum absolute atomic E-state index is 14.5. The van der Waals surface area contributed by atoms with Gasteiger partial charge in [-0.3, -0.25) is 5.10 Å². The quantitative estimate of drug-likeness (QED) is 0.586. The number of rotatable bonds is 4. The first-order valence-corrected chi connectivity index (χ1v) is 9.42. The topological polar surface area (TPSA) is 66.9 Å². The molecule has 0 aliphatic carbocycles. The minimum atomic E-state index is -0.386. The second-order valence-electron chi connectivity index (χ2n) is 7.22. The number of hydrogen-bond acceptors (Lipinski definition) is 5. The highest BCUT2D eigenvalue weighted by molar-refractivity contribution is 6.02. The van der Waals surface area contributed by atoms with Crippen LogP contribution in [-0.2, 0) is 0 Å². The van der Waals surface area contributed by atoms with Crippen LogP contribution < -0.4 is 4.74 Å². The first-order chi connectivity index (χ1) is 13.7. The summed E-state index contributed by atoms with van der Waals surface area (Å²) >= 11 is 0. The second-order valence-corrected chi connectivity index (χ2v) is 7.22. The van der Waals surface area contributed by atoms with E-state index in [-0.39, 0.29) is 17.3 Å². The van der Waals surface area contributed by atoms with Gasteiger partial charge in [-0.2, -0.15) is 15.1 Å². The van der Waals surface area contributed by atoms with E-state index in [1.807, 2.05) is 24.3 Å². The van der Waals surface area contributed by atoms with E-state index in [2.05, 4.69) is 32.1 Å². The lowest BCUT2D eigenvalue weighted by Crippen LogP contribution is -2.30. The summed E-state index contributed by atoms with van der Waals surface area (Å²) in [5.74, 6) is -0.386. The van der Waals surface area contributed by atoms with Crippen molar-refractivity contribution in [2.24, 2.45) is 0 Å². The second kappa shape index (κ2) is 6.83. The highest BCUT2D eigenvalue weighted by atomic mass is 19.1. The zero-order chi connectivity index (χ0) is 19.1. The average Bonchev–Trinajstić information content (AvgIpc) is 3.35. The Morgan fingerprint density at radius 3 is 2.93 bits per heavy atom. The fourth-order valence-corrected chi connectivity index (χ4v) is 3.90. The Morgan fingerprint density at radius 2 is 2.07 bits per heavy atom. The highest BCUT2D eigenvalue weighted by Gasteiger charge is 2.22. The van der Waals surface area contributed by atoms with Crippen molar-refractivity contribution in [1.29, 1.82) is 0 Å². The largest absolute Gasteiger partial charge is 0.462 e. The number of fused-ring (bicyclic) bond motifs is 2. The van der Waals surface area contributed by atoms with Crippen molar-refractivity contribution in [3.05, 3.63) is 48.4 Å². The molecule has 1 aliphatic heterocycles. The smallest absolute Gasteiger partial charge is 0.317 e. The number of ether oxygens (including phenoxy) is 1. The number of nitrogens with zero attached hydrogens (tertiary/aromatic N) is 4. The molecule has 2 aromatic carbocycles. The van der Waals surface area contributed by atoms with Crippen molar-refractivity contribution in [3.8, 4) is 17.3 Å². The van der Waals surface area contributed by atoms with Gasteiger partial charge in [-0.25, -0.2) is 4.39 Å². The van der Waals surface area contributed by atoms with E-state index in [4.69, 9.17) is 4.74 Å². The molecule has 3 heterocycles. The molecule has 0 spiro atoms. The predicted molar refractivity (Wildman–Crippen MR) is 106 cm³/mol. The zero-order valence-electron chi connectivity index (χ0n) is 15.5. The van der Waals surface area contributed by atoms with Gasteiger partial charge in [0.15, 0.2) is 0 Å². The van der Waals surface area contributed by atoms with E-state index in [9.17, 15) is 4.39 Å². The molecule has 4 aromatic rings. The van der Waals surface area contributed by atoms with Crippen LogP contribution in [0.2, 0.25) is 0 Å². The van der Waals surface area contributed by atoms with E-state index in [1.165, 1.54) is 6.07 Å². The van der Waals surface area contributed by atoms with Crippen molar-refractivity contribution >= 4 is 21.8 Å². The number of para-hydroxylation sites is 1. The number of hydrogen-bond donors (Lipinski definition) is 1. The molecule has 5 rings (SSSR count). The van der Waals surface area contributed by atoms with Crippen LogP contribution in [0.4, 0.5) is 4.39 Å². The lowest BCUT2D eigenvalue weighted by Gasteiger charge is -2.19. The third kappa shape index (κ3) is 2.88. The lowest BCUT2D eigenvalue weighted by molar-refractivity contribution is 0.188. The molecule has 7 heteroatoms. The number of halogens is 1. The van der Waals surface area contributed by atoms with Crippen LogP contribution in [0, 0.1) is 5.82 Å². The molecule has 0 saturated carbocycles. The molecule has 1 saturated heterocycles. The van der Waals surface area contributed by atoms with Crippen LogP contribution in [0.15, 0.2) is 42.6 Å². The van der Waals surface area contributed by atoms with Gasteiger partial charge in [0.2, 0.25) is 0 Å².